The molecule has 0 aliphatic carbocycles. The van der Waals surface area contributed by atoms with E-state index in [9.17, 15) is 19.2 Å². The van der Waals surface area contributed by atoms with Gasteiger partial charge in [-0.2, -0.15) is 0 Å². The number of unbranched alkanes of at least 4 members (excludes halogenated alkanes) is 2. The molecule has 32 heavy (non-hydrogen) atoms. The second-order valence-electron chi connectivity index (χ2n) is 7.06. The highest BCUT2D eigenvalue weighted by molar-refractivity contribution is 6.03. The van der Waals surface area contributed by atoms with Gasteiger partial charge in [0.25, 0.3) is 0 Å². The van der Waals surface area contributed by atoms with Gasteiger partial charge in [-0.15, -0.1) is 0 Å². The van der Waals surface area contributed by atoms with Gasteiger partial charge in [0.1, 0.15) is 0 Å². The van der Waals surface area contributed by atoms with Crippen molar-refractivity contribution >= 4 is 23.9 Å². The number of carbonyl (C=O) groups is 4. The minimum Gasteiger partial charge on any atom is -0.462 e. The highest BCUT2D eigenvalue weighted by Crippen LogP contribution is 2.13. The van der Waals surface area contributed by atoms with Gasteiger partial charge in [-0.05, 0) is 51.7 Å². The fraction of sp³-hybridized carbons (Fsp3) is 0.417. The Kier molecular flexibility index (Phi) is 12.1. The summed E-state index contributed by atoms with van der Waals surface area (Å²) < 4.78 is 20.3. The van der Waals surface area contributed by atoms with Crippen molar-refractivity contribution in [2.75, 3.05) is 26.4 Å². The van der Waals surface area contributed by atoms with Crippen molar-refractivity contribution in [3.63, 3.8) is 0 Å². The molecule has 174 valence electrons. The Morgan fingerprint density at radius 3 is 1.25 bits per heavy atom. The van der Waals surface area contributed by atoms with E-state index in [1.165, 1.54) is 12.1 Å². The smallest absolute Gasteiger partial charge is 0.339 e. The molecule has 0 unspecified atom stereocenters. The van der Waals surface area contributed by atoms with Crippen LogP contribution in [0, 0.1) is 0 Å². The van der Waals surface area contributed by atoms with Crippen LogP contribution in [0.15, 0.2) is 48.6 Å². The summed E-state index contributed by atoms with van der Waals surface area (Å²) in [5.41, 5.74) is 0.875. The third-order valence-electron chi connectivity index (χ3n) is 4.07. The first-order valence-corrected chi connectivity index (χ1v) is 10.3. The molecule has 1 rings (SSSR count). The molecule has 0 bridgehead atoms. The molecule has 0 aliphatic heterocycles. The van der Waals surface area contributed by atoms with E-state index in [1.54, 1.807) is 26.0 Å². The van der Waals surface area contributed by atoms with E-state index in [-0.39, 0.29) is 37.6 Å². The Morgan fingerprint density at radius 1 is 0.625 bits per heavy atom. The lowest BCUT2D eigenvalue weighted by Crippen LogP contribution is -2.15. The summed E-state index contributed by atoms with van der Waals surface area (Å²) in [5.74, 6) is -2.18. The Morgan fingerprint density at radius 2 is 0.938 bits per heavy atom. The Bertz CT molecular complexity index is 771. The highest BCUT2D eigenvalue weighted by atomic mass is 16.5. The molecule has 0 amide bonds. The molecule has 0 heterocycles. The lowest BCUT2D eigenvalue weighted by atomic mass is 10.1. The maximum Gasteiger partial charge on any atom is 0.339 e. The summed E-state index contributed by atoms with van der Waals surface area (Å²) in [7, 11) is 0. The summed E-state index contributed by atoms with van der Waals surface area (Å²) in [6.45, 7) is 10.8. The first kappa shape index (κ1) is 26.6. The molecule has 0 fully saturated rings. The average Bonchev–Trinajstić information content (AvgIpc) is 2.77. The molecule has 0 saturated heterocycles. The second kappa shape index (κ2) is 14.6. The van der Waals surface area contributed by atoms with Crippen LogP contribution in [0.5, 0.6) is 0 Å². The Hall–Kier alpha value is -3.42. The van der Waals surface area contributed by atoms with Crippen LogP contribution in [0.25, 0.3) is 0 Å². The summed E-state index contributed by atoms with van der Waals surface area (Å²) in [5, 5.41) is 0. The van der Waals surface area contributed by atoms with Gasteiger partial charge in [0.2, 0.25) is 0 Å². The standard InChI is InChI=1S/C24H30O8/c1-17(2)21(25)29-13-7-9-15-31-23(27)19-11-5-6-12-20(19)24(28)32-16-10-8-14-30-22(26)18(3)4/h5-6,11-12H,1,3,7-10,13-16H2,2,4H3. The molecule has 0 spiro atoms. The fourth-order valence-electron chi connectivity index (χ4n) is 2.31. The van der Waals surface area contributed by atoms with Crippen molar-refractivity contribution in [2.45, 2.75) is 39.5 Å². The predicted molar refractivity (Wildman–Crippen MR) is 117 cm³/mol. The van der Waals surface area contributed by atoms with Crippen LogP contribution in [0.2, 0.25) is 0 Å². The molecular weight excluding hydrogens is 416 g/mol. The Labute approximate surface area is 188 Å². The molecule has 0 N–H and O–H groups in total. The van der Waals surface area contributed by atoms with Crippen molar-refractivity contribution in [1.82, 2.24) is 0 Å². The minimum absolute atomic E-state index is 0.113. The number of hydrogen-bond donors (Lipinski definition) is 0. The van der Waals surface area contributed by atoms with Crippen molar-refractivity contribution in [3.8, 4) is 0 Å². The van der Waals surface area contributed by atoms with Gasteiger partial charge in [0.05, 0.1) is 37.6 Å². The second-order valence-corrected chi connectivity index (χ2v) is 7.06. The maximum absolute atomic E-state index is 12.4. The van der Waals surface area contributed by atoms with E-state index in [2.05, 4.69) is 13.2 Å². The van der Waals surface area contributed by atoms with Crippen LogP contribution in [-0.2, 0) is 28.5 Å². The van der Waals surface area contributed by atoms with Crippen LogP contribution < -0.4 is 0 Å². The van der Waals surface area contributed by atoms with E-state index >= 15 is 0 Å². The molecule has 8 nitrogen and oxygen atoms in total. The molecule has 0 aliphatic rings. The van der Waals surface area contributed by atoms with Gasteiger partial charge in [-0.1, -0.05) is 25.3 Å². The molecular formula is C24H30O8. The van der Waals surface area contributed by atoms with Crippen LogP contribution >= 0.6 is 0 Å². The van der Waals surface area contributed by atoms with Crippen LogP contribution in [0.1, 0.15) is 60.2 Å². The third kappa shape index (κ3) is 10.1. The molecule has 1 aromatic rings. The van der Waals surface area contributed by atoms with Gasteiger partial charge >= 0.3 is 23.9 Å². The van der Waals surface area contributed by atoms with E-state index in [4.69, 9.17) is 18.9 Å². The number of rotatable bonds is 14. The number of esters is 4. The highest BCUT2D eigenvalue weighted by Gasteiger charge is 2.19. The van der Waals surface area contributed by atoms with Crippen molar-refractivity contribution in [3.05, 3.63) is 59.7 Å². The van der Waals surface area contributed by atoms with Gasteiger partial charge in [-0.25, -0.2) is 19.2 Å². The quantitative estimate of drug-likeness (QED) is 0.184. The molecule has 1 aromatic carbocycles. The van der Waals surface area contributed by atoms with Crippen LogP contribution in [0.3, 0.4) is 0 Å². The largest absolute Gasteiger partial charge is 0.462 e. The van der Waals surface area contributed by atoms with E-state index in [1.807, 2.05) is 0 Å². The van der Waals surface area contributed by atoms with Crippen LogP contribution in [0.4, 0.5) is 0 Å². The average molecular weight is 446 g/mol. The molecule has 8 heteroatoms. The summed E-state index contributed by atoms with van der Waals surface area (Å²) in [6, 6.07) is 6.23. The van der Waals surface area contributed by atoms with Gasteiger partial charge < -0.3 is 18.9 Å². The SMILES string of the molecule is C=C(C)C(=O)OCCCCOC(=O)c1ccccc1C(=O)OCCCCOC(=O)C(=C)C. The minimum atomic E-state index is -0.636. The molecule has 0 atom stereocenters. The van der Waals surface area contributed by atoms with Crippen LogP contribution in [-0.4, -0.2) is 50.3 Å². The van der Waals surface area contributed by atoms with Crippen molar-refractivity contribution in [1.29, 1.82) is 0 Å². The van der Waals surface area contributed by atoms with Gasteiger partial charge in [0, 0.05) is 11.1 Å². The van der Waals surface area contributed by atoms with Crippen molar-refractivity contribution < 1.29 is 38.1 Å². The zero-order chi connectivity index (χ0) is 23.9. The lowest BCUT2D eigenvalue weighted by Gasteiger charge is -2.10. The Balaban J connectivity index is 2.38. The first-order chi connectivity index (χ1) is 15.2. The fourth-order valence-corrected chi connectivity index (χ4v) is 2.31. The lowest BCUT2D eigenvalue weighted by molar-refractivity contribution is -0.140. The third-order valence-corrected chi connectivity index (χ3v) is 4.07. The van der Waals surface area contributed by atoms with Gasteiger partial charge in [0.15, 0.2) is 0 Å². The monoisotopic (exact) mass is 446 g/mol. The number of ether oxygens (including phenoxy) is 4. The number of hydrogen-bond acceptors (Lipinski definition) is 8. The summed E-state index contributed by atoms with van der Waals surface area (Å²) >= 11 is 0. The first-order valence-electron chi connectivity index (χ1n) is 10.3. The molecule has 0 aromatic heterocycles. The number of carbonyl (C=O) groups excluding carboxylic acids is 4. The van der Waals surface area contributed by atoms with E-state index < -0.39 is 23.9 Å². The summed E-state index contributed by atoms with van der Waals surface area (Å²) in [4.78, 5) is 47.3. The van der Waals surface area contributed by atoms with E-state index in [0.29, 0.717) is 36.8 Å². The maximum atomic E-state index is 12.4. The number of benzene rings is 1. The normalized spacial score (nSPS) is 10.1. The van der Waals surface area contributed by atoms with Crippen molar-refractivity contribution in [2.24, 2.45) is 0 Å². The molecule has 0 saturated carbocycles. The zero-order valence-electron chi connectivity index (χ0n) is 18.6. The van der Waals surface area contributed by atoms with E-state index in [0.717, 1.165) is 0 Å². The topological polar surface area (TPSA) is 105 Å². The zero-order valence-corrected chi connectivity index (χ0v) is 18.6. The predicted octanol–water partition coefficient (Wildman–Crippen LogP) is 3.80. The molecule has 0 radical (unpaired) electrons. The van der Waals surface area contributed by atoms with Gasteiger partial charge in [-0.3, -0.25) is 0 Å². The summed E-state index contributed by atoms with van der Waals surface area (Å²) in [6.07, 6.45) is 2.05.